The Labute approximate surface area is 205 Å². The van der Waals surface area contributed by atoms with Crippen molar-refractivity contribution in [3.05, 3.63) is 64.2 Å². The van der Waals surface area contributed by atoms with Crippen molar-refractivity contribution in [2.75, 3.05) is 6.61 Å². The first-order valence-electron chi connectivity index (χ1n) is 12.0. The summed E-state index contributed by atoms with van der Waals surface area (Å²) in [6.07, 6.45) is -2.80. The summed E-state index contributed by atoms with van der Waals surface area (Å²) in [5, 5.41) is 40.7. The van der Waals surface area contributed by atoms with Crippen LogP contribution < -0.4 is 4.74 Å². The lowest BCUT2D eigenvalue weighted by atomic mass is 9.90. The molecule has 1 heterocycles. The Morgan fingerprint density at radius 2 is 1.65 bits per heavy atom. The van der Waals surface area contributed by atoms with Crippen LogP contribution in [0.5, 0.6) is 5.75 Å². The van der Waals surface area contributed by atoms with Crippen molar-refractivity contribution in [1.29, 1.82) is 0 Å². The smallest absolute Gasteiger partial charge is 0.119 e. The number of benzene rings is 2. The predicted molar refractivity (Wildman–Crippen MR) is 128 cm³/mol. The van der Waals surface area contributed by atoms with Gasteiger partial charge in [-0.1, -0.05) is 49.7 Å². The van der Waals surface area contributed by atoms with Gasteiger partial charge in [0, 0.05) is 5.02 Å². The standard InChI is InChI=1S/C27H33ClO6/c1-27(2)19-11-18(12-20(19)27)33-17-6-3-14(4-7-17)9-16-10-15(5-8-21(16)28)26-25(32)24(31)23(30)22(13-29)34-26/h3-8,10,18-20,22-26,29-32H,9,11-13H2,1-2H3/t18?,19-,20?,22+,23+,24-,25+,26-/m0/s1. The molecule has 2 aromatic carbocycles. The lowest BCUT2D eigenvalue weighted by molar-refractivity contribution is -0.231. The zero-order valence-electron chi connectivity index (χ0n) is 19.5. The topological polar surface area (TPSA) is 99.4 Å². The van der Waals surface area contributed by atoms with E-state index in [1.54, 1.807) is 12.1 Å². The summed E-state index contributed by atoms with van der Waals surface area (Å²) in [5.74, 6) is 2.48. The first kappa shape index (κ1) is 24.0. The molecule has 0 aromatic heterocycles. The number of aliphatic hydroxyl groups excluding tert-OH is 4. The highest BCUT2D eigenvalue weighted by molar-refractivity contribution is 6.31. The second-order valence-electron chi connectivity index (χ2n) is 10.7. The number of aliphatic hydroxyl groups is 4. The zero-order chi connectivity index (χ0) is 24.2. The monoisotopic (exact) mass is 488 g/mol. The Morgan fingerprint density at radius 1 is 0.971 bits per heavy atom. The molecule has 0 spiro atoms. The van der Waals surface area contributed by atoms with Gasteiger partial charge in [0.2, 0.25) is 0 Å². The van der Waals surface area contributed by atoms with Gasteiger partial charge in [-0.05, 0) is 71.4 Å². The quantitative estimate of drug-likeness (QED) is 0.498. The maximum absolute atomic E-state index is 10.5. The van der Waals surface area contributed by atoms with Crippen LogP contribution in [-0.4, -0.2) is 57.6 Å². The number of hydrogen-bond acceptors (Lipinski definition) is 6. The molecule has 184 valence electrons. The molecule has 0 radical (unpaired) electrons. The minimum absolute atomic E-state index is 0.304. The molecular weight excluding hydrogens is 456 g/mol. The predicted octanol–water partition coefficient (Wildman–Crippen LogP) is 3.26. The zero-order valence-corrected chi connectivity index (χ0v) is 20.2. The lowest BCUT2D eigenvalue weighted by Crippen LogP contribution is -2.55. The van der Waals surface area contributed by atoms with Crippen LogP contribution in [0.3, 0.4) is 0 Å². The van der Waals surface area contributed by atoms with Gasteiger partial charge in [-0.3, -0.25) is 0 Å². The van der Waals surface area contributed by atoms with Gasteiger partial charge in [-0.25, -0.2) is 0 Å². The SMILES string of the molecule is CC1(C)C2CC(Oc3ccc(Cc4cc([C@@H]5O[C@H](CO)[C@@H](O)[C@H](O)[C@H]5O)ccc4Cl)cc3)C[C@@H]21. The molecule has 0 bridgehead atoms. The number of fused-ring (bicyclic) bond motifs is 1. The van der Waals surface area contributed by atoms with Crippen molar-refractivity contribution in [1.82, 2.24) is 0 Å². The highest BCUT2D eigenvalue weighted by Gasteiger charge is 2.62. The molecule has 2 aliphatic carbocycles. The molecule has 2 saturated carbocycles. The normalized spacial score (nSPS) is 36.2. The molecule has 2 aromatic rings. The van der Waals surface area contributed by atoms with Crippen LogP contribution in [-0.2, 0) is 11.2 Å². The highest BCUT2D eigenvalue weighted by Crippen LogP contribution is 2.67. The van der Waals surface area contributed by atoms with E-state index in [1.165, 1.54) is 0 Å². The largest absolute Gasteiger partial charge is 0.490 e. The average molecular weight is 489 g/mol. The van der Waals surface area contributed by atoms with Crippen molar-refractivity contribution in [3.8, 4) is 5.75 Å². The third kappa shape index (κ3) is 4.36. The van der Waals surface area contributed by atoms with E-state index in [2.05, 4.69) is 13.8 Å². The minimum atomic E-state index is -1.42. The lowest BCUT2D eigenvalue weighted by Gasteiger charge is -2.40. The third-order valence-corrected chi connectivity index (χ3v) is 8.60. The average Bonchev–Trinajstić information content (AvgIpc) is 3.13. The molecule has 3 aliphatic rings. The third-order valence-electron chi connectivity index (χ3n) is 8.23. The molecule has 7 heteroatoms. The summed E-state index contributed by atoms with van der Waals surface area (Å²) >= 11 is 6.46. The van der Waals surface area contributed by atoms with E-state index in [-0.39, 0.29) is 0 Å². The molecule has 1 saturated heterocycles. The number of halogens is 1. The summed E-state index contributed by atoms with van der Waals surface area (Å²) in [6.45, 7) is 4.24. The molecule has 4 N–H and O–H groups in total. The van der Waals surface area contributed by atoms with Crippen LogP contribution in [0.25, 0.3) is 0 Å². The van der Waals surface area contributed by atoms with Crippen LogP contribution in [0.4, 0.5) is 0 Å². The Morgan fingerprint density at radius 3 is 2.29 bits per heavy atom. The van der Waals surface area contributed by atoms with E-state index in [4.69, 9.17) is 21.1 Å². The van der Waals surface area contributed by atoms with E-state index in [0.717, 1.165) is 41.6 Å². The Hall–Kier alpha value is -1.67. The van der Waals surface area contributed by atoms with Crippen LogP contribution >= 0.6 is 11.6 Å². The van der Waals surface area contributed by atoms with Gasteiger partial charge in [0.05, 0.1) is 12.7 Å². The molecule has 0 amide bonds. The van der Waals surface area contributed by atoms with E-state index < -0.39 is 37.1 Å². The van der Waals surface area contributed by atoms with Gasteiger partial charge in [0.25, 0.3) is 0 Å². The summed E-state index contributed by atoms with van der Waals surface area (Å²) in [7, 11) is 0. The highest BCUT2D eigenvalue weighted by atomic mass is 35.5. The molecule has 34 heavy (non-hydrogen) atoms. The van der Waals surface area contributed by atoms with Crippen molar-refractivity contribution >= 4 is 11.6 Å². The molecule has 8 atom stereocenters. The minimum Gasteiger partial charge on any atom is -0.490 e. The van der Waals surface area contributed by atoms with E-state index >= 15 is 0 Å². The summed E-state index contributed by atoms with van der Waals surface area (Å²) < 4.78 is 11.9. The second kappa shape index (κ2) is 9.08. The van der Waals surface area contributed by atoms with Crippen molar-refractivity contribution in [2.24, 2.45) is 17.3 Å². The van der Waals surface area contributed by atoms with Gasteiger partial charge in [0.15, 0.2) is 0 Å². The molecule has 6 nitrogen and oxygen atoms in total. The van der Waals surface area contributed by atoms with Gasteiger partial charge in [-0.15, -0.1) is 0 Å². The summed E-state index contributed by atoms with van der Waals surface area (Å²) in [4.78, 5) is 0. The summed E-state index contributed by atoms with van der Waals surface area (Å²) in [5.41, 5.74) is 3.03. The first-order valence-corrected chi connectivity index (χ1v) is 12.4. The van der Waals surface area contributed by atoms with Gasteiger partial charge < -0.3 is 29.9 Å². The van der Waals surface area contributed by atoms with Crippen LogP contribution in [0.1, 0.15) is 49.5 Å². The fourth-order valence-corrected chi connectivity index (χ4v) is 6.12. The maximum Gasteiger partial charge on any atom is 0.119 e. The van der Waals surface area contributed by atoms with E-state index in [9.17, 15) is 20.4 Å². The van der Waals surface area contributed by atoms with E-state index in [1.807, 2.05) is 30.3 Å². The second-order valence-corrected chi connectivity index (χ2v) is 11.1. The van der Waals surface area contributed by atoms with Crippen LogP contribution in [0.2, 0.25) is 5.02 Å². The molecule has 2 unspecified atom stereocenters. The number of rotatable bonds is 6. The Kier molecular flexibility index (Phi) is 6.42. The first-order chi connectivity index (χ1) is 16.2. The van der Waals surface area contributed by atoms with Crippen molar-refractivity contribution in [2.45, 2.75) is 69.7 Å². The molecule has 5 rings (SSSR count). The van der Waals surface area contributed by atoms with Crippen LogP contribution in [0, 0.1) is 17.3 Å². The molecular formula is C27H33ClO6. The van der Waals surface area contributed by atoms with Crippen molar-refractivity contribution in [3.63, 3.8) is 0 Å². The fourth-order valence-electron chi connectivity index (χ4n) is 5.93. The summed E-state index contributed by atoms with van der Waals surface area (Å²) in [6, 6.07) is 13.4. The van der Waals surface area contributed by atoms with Gasteiger partial charge in [0.1, 0.15) is 36.3 Å². The van der Waals surface area contributed by atoms with E-state index in [0.29, 0.717) is 28.5 Å². The number of hydrogen-bond donors (Lipinski definition) is 4. The van der Waals surface area contributed by atoms with Gasteiger partial charge in [-0.2, -0.15) is 0 Å². The van der Waals surface area contributed by atoms with Crippen molar-refractivity contribution < 1.29 is 29.9 Å². The Balaban J connectivity index is 1.25. The fraction of sp³-hybridized carbons (Fsp3) is 0.556. The molecule has 3 fully saturated rings. The Bertz CT molecular complexity index is 1010. The number of ether oxygens (including phenoxy) is 2. The maximum atomic E-state index is 10.5. The van der Waals surface area contributed by atoms with Gasteiger partial charge >= 0.3 is 0 Å². The molecule has 1 aliphatic heterocycles. The van der Waals surface area contributed by atoms with Crippen LogP contribution in [0.15, 0.2) is 42.5 Å².